The summed E-state index contributed by atoms with van der Waals surface area (Å²) in [6.45, 7) is 1.51. The largest absolute Gasteiger partial charge is 0.318 e. The highest BCUT2D eigenvalue weighted by Crippen LogP contribution is 2.25. The van der Waals surface area contributed by atoms with Crippen molar-refractivity contribution in [2.24, 2.45) is 5.73 Å². The van der Waals surface area contributed by atoms with E-state index in [2.05, 4.69) is 35.0 Å². The van der Waals surface area contributed by atoms with E-state index < -0.39 is 0 Å². The topological polar surface area (TPSA) is 38.0 Å². The lowest BCUT2D eigenvalue weighted by Crippen LogP contribution is -2.24. The number of hydrogen-bond acceptors (Lipinski definition) is 3. The summed E-state index contributed by atoms with van der Waals surface area (Å²) in [5, 5.41) is 6.76. The van der Waals surface area contributed by atoms with Crippen LogP contribution in [0.5, 0.6) is 0 Å². The summed E-state index contributed by atoms with van der Waals surface area (Å²) >= 11 is 1.81. The van der Waals surface area contributed by atoms with Gasteiger partial charge in [0.1, 0.15) is 0 Å². The van der Waals surface area contributed by atoms with E-state index in [0.717, 1.165) is 13.0 Å². The third kappa shape index (κ3) is 1.95. The van der Waals surface area contributed by atoms with Crippen LogP contribution in [0.25, 0.3) is 10.1 Å². The molecule has 0 fully saturated rings. The Kier molecular flexibility index (Phi) is 3.14. The molecule has 0 unspecified atom stereocenters. The molecule has 1 heterocycles. The molecule has 0 aliphatic heterocycles. The summed E-state index contributed by atoms with van der Waals surface area (Å²) < 4.78 is 1.37. The Hall–Kier alpha value is -0.900. The molecule has 0 aliphatic rings. The number of hydrogen-bond donors (Lipinski definition) is 2. The summed E-state index contributed by atoms with van der Waals surface area (Å²) in [6.07, 6.45) is 1.06. The van der Waals surface area contributed by atoms with Crippen LogP contribution >= 0.6 is 11.3 Å². The van der Waals surface area contributed by atoms with Crippen LogP contribution in [0.3, 0.4) is 0 Å². The van der Waals surface area contributed by atoms with E-state index in [1.165, 1.54) is 15.6 Å². The maximum absolute atomic E-state index is 5.37. The van der Waals surface area contributed by atoms with Gasteiger partial charge in [-0.15, -0.1) is 11.3 Å². The molecule has 0 spiro atoms. The molecule has 0 radical (unpaired) electrons. The smallest absolute Gasteiger partial charge is 0.0428 e. The zero-order valence-electron chi connectivity index (χ0n) is 7.99. The normalized spacial score (nSPS) is 10.9. The molecule has 1 aromatic heterocycles. The van der Waals surface area contributed by atoms with Gasteiger partial charge in [0.05, 0.1) is 0 Å². The Bertz CT molecular complexity index is 408. The molecule has 74 valence electrons. The Morgan fingerprint density at radius 1 is 1.29 bits per heavy atom. The molecule has 0 bridgehead atoms. The van der Waals surface area contributed by atoms with Gasteiger partial charge in [-0.25, -0.2) is 0 Å². The first-order valence-electron chi connectivity index (χ1n) is 4.77. The molecule has 14 heavy (non-hydrogen) atoms. The van der Waals surface area contributed by atoms with Crippen LogP contribution in [0.1, 0.15) is 5.56 Å². The molecule has 1 aromatic carbocycles. The molecular weight excluding hydrogens is 192 g/mol. The average Bonchev–Trinajstić information content (AvgIpc) is 2.63. The molecular formula is C11H14N2S. The van der Waals surface area contributed by atoms with Crippen molar-refractivity contribution in [3.05, 3.63) is 35.2 Å². The van der Waals surface area contributed by atoms with Gasteiger partial charge in [-0.2, -0.15) is 0 Å². The van der Waals surface area contributed by atoms with E-state index in [-0.39, 0.29) is 0 Å². The van der Waals surface area contributed by atoms with E-state index in [9.17, 15) is 0 Å². The lowest BCUT2D eigenvalue weighted by atomic mass is 10.1. The van der Waals surface area contributed by atoms with Crippen LogP contribution in [0, 0.1) is 0 Å². The fourth-order valence-electron chi connectivity index (χ4n) is 1.55. The third-order valence-electron chi connectivity index (χ3n) is 2.28. The Morgan fingerprint density at radius 2 is 2.14 bits per heavy atom. The lowest BCUT2D eigenvalue weighted by Gasteiger charge is -2.00. The van der Waals surface area contributed by atoms with Gasteiger partial charge in [-0.05, 0) is 28.8 Å². The molecule has 3 N–H and O–H groups in total. The van der Waals surface area contributed by atoms with Gasteiger partial charge < -0.3 is 11.1 Å². The second-order valence-corrected chi connectivity index (χ2v) is 4.12. The summed E-state index contributed by atoms with van der Waals surface area (Å²) in [7, 11) is 0. The summed E-state index contributed by atoms with van der Waals surface area (Å²) in [6, 6.07) is 8.53. The van der Waals surface area contributed by atoms with Gasteiger partial charge in [0.2, 0.25) is 0 Å². The van der Waals surface area contributed by atoms with Gasteiger partial charge in [-0.1, -0.05) is 18.2 Å². The highest BCUT2D eigenvalue weighted by atomic mass is 32.1. The van der Waals surface area contributed by atoms with Crippen molar-refractivity contribution in [1.82, 2.24) is 5.32 Å². The van der Waals surface area contributed by atoms with Crippen LogP contribution in [-0.4, -0.2) is 13.2 Å². The standard InChI is InChI=1S/C11H14N2S/c12-8-13-6-5-9-7-14-11-4-2-1-3-10(9)11/h1-4,7,13H,5-6,8,12H2. The summed E-state index contributed by atoms with van der Waals surface area (Å²) in [4.78, 5) is 0. The molecule has 2 aromatic rings. The van der Waals surface area contributed by atoms with Crippen molar-refractivity contribution in [3.63, 3.8) is 0 Å². The molecule has 3 heteroatoms. The van der Waals surface area contributed by atoms with Crippen molar-refractivity contribution in [1.29, 1.82) is 0 Å². The van der Waals surface area contributed by atoms with Gasteiger partial charge in [0, 0.05) is 17.9 Å². The van der Waals surface area contributed by atoms with Crippen LogP contribution in [0.15, 0.2) is 29.6 Å². The van der Waals surface area contributed by atoms with Crippen molar-refractivity contribution in [3.8, 4) is 0 Å². The number of thiophene rings is 1. The lowest BCUT2D eigenvalue weighted by molar-refractivity contribution is 0.703. The molecule has 0 atom stereocenters. The van der Waals surface area contributed by atoms with Crippen LogP contribution < -0.4 is 11.1 Å². The van der Waals surface area contributed by atoms with Crippen molar-refractivity contribution in [2.45, 2.75) is 6.42 Å². The zero-order chi connectivity index (χ0) is 9.80. The minimum atomic E-state index is 0.558. The van der Waals surface area contributed by atoms with E-state index in [0.29, 0.717) is 6.67 Å². The highest BCUT2D eigenvalue weighted by molar-refractivity contribution is 7.17. The van der Waals surface area contributed by atoms with E-state index in [1.807, 2.05) is 11.3 Å². The maximum Gasteiger partial charge on any atom is 0.0428 e. The molecule has 2 nitrogen and oxygen atoms in total. The first-order chi connectivity index (χ1) is 6.92. The first kappa shape index (κ1) is 9.65. The summed E-state index contributed by atoms with van der Waals surface area (Å²) in [5.74, 6) is 0. The number of benzene rings is 1. The minimum Gasteiger partial charge on any atom is -0.318 e. The summed E-state index contributed by atoms with van der Waals surface area (Å²) in [5.41, 5.74) is 6.79. The van der Waals surface area contributed by atoms with Crippen LogP contribution in [0.4, 0.5) is 0 Å². The molecule has 0 amide bonds. The second kappa shape index (κ2) is 4.55. The third-order valence-corrected chi connectivity index (χ3v) is 3.29. The van der Waals surface area contributed by atoms with Gasteiger partial charge in [0.15, 0.2) is 0 Å². The van der Waals surface area contributed by atoms with Crippen LogP contribution in [0.2, 0.25) is 0 Å². The first-order valence-corrected chi connectivity index (χ1v) is 5.65. The van der Waals surface area contributed by atoms with Crippen molar-refractivity contribution in [2.75, 3.05) is 13.2 Å². The maximum atomic E-state index is 5.37. The molecule has 2 rings (SSSR count). The minimum absolute atomic E-state index is 0.558. The zero-order valence-corrected chi connectivity index (χ0v) is 8.81. The second-order valence-electron chi connectivity index (χ2n) is 3.21. The van der Waals surface area contributed by atoms with Gasteiger partial charge >= 0.3 is 0 Å². The van der Waals surface area contributed by atoms with Crippen molar-refractivity contribution < 1.29 is 0 Å². The van der Waals surface area contributed by atoms with E-state index in [1.54, 1.807) is 0 Å². The monoisotopic (exact) mass is 206 g/mol. The number of nitrogens with two attached hydrogens (primary N) is 1. The van der Waals surface area contributed by atoms with E-state index >= 15 is 0 Å². The Morgan fingerprint density at radius 3 is 3.00 bits per heavy atom. The molecule has 0 aliphatic carbocycles. The van der Waals surface area contributed by atoms with Crippen molar-refractivity contribution >= 4 is 21.4 Å². The Labute approximate surface area is 87.7 Å². The van der Waals surface area contributed by atoms with E-state index in [4.69, 9.17) is 5.73 Å². The molecule has 0 saturated heterocycles. The quantitative estimate of drug-likeness (QED) is 0.593. The fraction of sp³-hybridized carbons (Fsp3) is 0.273. The van der Waals surface area contributed by atoms with Gasteiger partial charge in [-0.3, -0.25) is 0 Å². The fourth-order valence-corrected chi connectivity index (χ4v) is 2.55. The Balaban J connectivity index is 2.17. The highest BCUT2D eigenvalue weighted by Gasteiger charge is 2.01. The predicted octanol–water partition coefficient (Wildman–Crippen LogP) is 1.95. The SMILES string of the molecule is NCNCCc1csc2ccccc12. The van der Waals surface area contributed by atoms with Gasteiger partial charge in [0.25, 0.3) is 0 Å². The number of fused-ring (bicyclic) bond motifs is 1. The number of rotatable bonds is 4. The molecule has 0 saturated carbocycles. The van der Waals surface area contributed by atoms with Crippen LogP contribution in [-0.2, 0) is 6.42 Å². The predicted molar refractivity (Wildman–Crippen MR) is 62.6 cm³/mol. The number of nitrogens with one attached hydrogen (secondary N) is 1. The average molecular weight is 206 g/mol.